The molecule has 0 saturated heterocycles. The minimum Gasteiger partial charge on any atom is -0.548 e. The third-order valence-corrected chi connectivity index (χ3v) is 4.82. The Balaban J connectivity index is 3.28. The molecule has 0 radical (unpaired) electrons. The fourth-order valence-electron chi connectivity index (χ4n) is 2.85. The van der Waals surface area contributed by atoms with Gasteiger partial charge in [0.2, 0.25) is 5.91 Å². The van der Waals surface area contributed by atoms with Gasteiger partial charge in [0.1, 0.15) is 0 Å². The number of carbonyl (C=O) groups is 2. The molecule has 5 nitrogen and oxygen atoms in total. The molecule has 0 aromatic heterocycles. The van der Waals surface area contributed by atoms with E-state index in [4.69, 9.17) is 0 Å². The van der Waals surface area contributed by atoms with Crippen LogP contribution in [0.1, 0.15) is 89.9 Å². The highest BCUT2D eigenvalue weighted by atomic mass is 32.1. The molecule has 6 heteroatoms. The van der Waals surface area contributed by atoms with E-state index in [-0.39, 0.29) is 11.7 Å². The molecule has 25 heavy (non-hydrogen) atoms. The van der Waals surface area contributed by atoms with Crippen molar-refractivity contribution >= 4 is 24.5 Å². The summed E-state index contributed by atoms with van der Waals surface area (Å²) in [6.07, 6.45) is 16.6. The van der Waals surface area contributed by atoms with Crippen LogP contribution in [0.5, 0.6) is 0 Å². The van der Waals surface area contributed by atoms with Crippen LogP contribution in [0.25, 0.3) is 0 Å². The van der Waals surface area contributed by atoms with Gasteiger partial charge in [0.05, 0.1) is 18.6 Å². The summed E-state index contributed by atoms with van der Waals surface area (Å²) < 4.78 is 0. The molecule has 0 aliphatic carbocycles. The number of quaternary nitrogens is 1. The largest absolute Gasteiger partial charge is 0.548 e. The van der Waals surface area contributed by atoms with Crippen molar-refractivity contribution in [3.05, 3.63) is 0 Å². The lowest BCUT2D eigenvalue weighted by Crippen LogP contribution is -2.50. The minimum absolute atomic E-state index is 0.0598. The summed E-state index contributed by atoms with van der Waals surface area (Å²) in [6, 6.07) is -0.987. The molecular formula is C19H38N2O3S. The van der Waals surface area contributed by atoms with Gasteiger partial charge in [-0.3, -0.25) is 4.79 Å². The molecule has 0 heterocycles. The quantitative estimate of drug-likeness (QED) is 0.252. The number of hydrogen-bond acceptors (Lipinski definition) is 4. The van der Waals surface area contributed by atoms with E-state index in [1.165, 1.54) is 64.2 Å². The van der Waals surface area contributed by atoms with Crippen molar-refractivity contribution in [1.29, 1.82) is 0 Å². The lowest BCUT2D eigenvalue weighted by molar-refractivity contribution is -0.368. The van der Waals surface area contributed by atoms with Gasteiger partial charge in [-0.05, 0) is 19.3 Å². The first kappa shape index (κ1) is 24.2. The van der Waals surface area contributed by atoms with Crippen molar-refractivity contribution in [2.24, 2.45) is 0 Å². The molecule has 0 spiro atoms. The number of rotatable bonds is 18. The van der Waals surface area contributed by atoms with Gasteiger partial charge >= 0.3 is 0 Å². The van der Waals surface area contributed by atoms with E-state index in [0.29, 0.717) is 6.42 Å². The number of nitrogens with one attached hydrogen (secondary N) is 1. The SMILES string of the molecule is [NH3+]CCCCCCCCCCCCCCCC(=O)NC(CS)C(=O)[O-]. The number of thiol groups is 1. The average Bonchev–Trinajstić information content (AvgIpc) is 2.59. The fraction of sp³-hybridized carbons (Fsp3) is 0.895. The van der Waals surface area contributed by atoms with E-state index in [1.807, 2.05) is 0 Å². The normalized spacial score (nSPS) is 12.1. The smallest absolute Gasteiger partial charge is 0.220 e. The lowest BCUT2D eigenvalue weighted by Gasteiger charge is -2.17. The van der Waals surface area contributed by atoms with E-state index < -0.39 is 12.0 Å². The van der Waals surface area contributed by atoms with Gasteiger partial charge in [-0.2, -0.15) is 12.6 Å². The Bertz CT molecular complexity index is 341. The zero-order chi connectivity index (χ0) is 18.8. The zero-order valence-corrected chi connectivity index (χ0v) is 16.7. The maximum atomic E-state index is 11.6. The van der Waals surface area contributed by atoms with E-state index in [9.17, 15) is 14.7 Å². The molecule has 0 aromatic rings. The fourth-order valence-corrected chi connectivity index (χ4v) is 3.09. The molecule has 148 valence electrons. The lowest BCUT2D eigenvalue weighted by atomic mass is 10.0. The molecule has 1 unspecified atom stereocenters. The van der Waals surface area contributed by atoms with Crippen molar-refractivity contribution in [3.8, 4) is 0 Å². The first-order valence-corrected chi connectivity index (χ1v) is 10.7. The van der Waals surface area contributed by atoms with Gasteiger partial charge in [-0.15, -0.1) is 0 Å². The third kappa shape index (κ3) is 16.5. The number of carboxylic acids is 1. The maximum absolute atomic E-state index is 11.6. The third-order valence-electron chi connectivity index (χ3n) is 4.46. The van der Waals surface area contributed by atoms with E-state index in [2.05, 4.69) is 23.7 Å². The summed E-state index contributed by atoms with van der Waals surface area (Å²) in [5, 5.41) is 13.1. The van der Waals surface area contributed by atoms with Crippen molar-refractivity contribution in [2.45, 2.75) is 95.9 Å². The van der Waals surface area contributed by atoms with Crippen molar-refractivity contribution in [2.75, 3.05) is 12.3 Å². The first-order valence-electron chi connectivity index (χ1n) is 10.0. The van der Waals surface area contributed by atoms with Crippen molar-refractivity contribution in [3.63, 3.8) is 0 Å². The average molecular weight is 375 g/mol. The number of aliphatic carboxylic acids is 1. The van der Waals surface area contributed by atoms with Crippen LogP contribution in [0.4, 0.5) is 0 Å². The molecule has 0 bridgehead atoms. The van der Waals surface area contributed by atoms with Crippen LogP contribution in [0.2, 0.25) is 0 Å². The maximum Gasteiger partial charge on any atom is 0.220 e. The summed E-state index contributed by atoms with van der Waals surface area (Å²) in [7, 11) is 0. The summed E-state index contributed by atoms with van der Waals surface area (Å²) in [5.41, 5.74) is 3.86. The number of hydrogen-bond donors (Lipinski definition) is 3. The second-order valence-corrected chi connectivity index (χ2v) is 7.19. The molecule has 0 aliphatic rings. The van der Waals surface area contributed by atoms with Gasteiger partial charge in [0, 0.05) is 12.2 Å². The Labute approximate surface area is 158 Å². The monoisotopic (exact) mass is 374 g/mol. The Morgan fingerprint density at radius 3 is 1.56 bits per heavy atom. The van der Waals surface area contributed by atoms with Crippen molar-refractivity contribution < 1.29 is 20.4 Å². The molecule has 0 fully saturated rings. The van der Waals surface area contributed by atoms with Crippen LogP contribution in [0.3, 0.4) is 0 Å². The Hall–Kier alpha value is -0.750. The van der Waals surface area contributed by atoms with Crippen LogP contribution in [0.15, 0.2) is 0 Å². The van der Waals surface area contributed by atoms with E-state index in [0.717, 1.165) is 25.8 Å². The van der Waals surface area contributed by atoms with Gasteiger partial charge < -0.3 is 21.0 Å². The van der Waals surface area contributed by atoms with Crippen LogP contribution >= 0.6 is 12.6 Å². The molecule has 4 N–H and O–H groups in total. The first-order chi connectivity index (χ1) is 12.1. The van der Waals surface area contributed by atoms with Crippen LogP contribution in [-0.2, 0) is 9.59 Å². The highest BCUT2D eigenvalue weighted by Crippen LogP contribution is 2.12. The van der Waals surface area contributed by atoms with Crippen LogP contribution < -0.4 is 16.2 Å². The van der Waals surface area contributed by atoms with Crippen LogP contribution in [0, 0.1) is 0 Å². The molecule has 0 saturated carbocycles. The Morgan fingerprint density at radius 2 is 1.20 bits per heavy atom. The molecule has 0 rings (SSSR count). The number of carbonyl (C=O) groups excluding carboxylic acids is 2. The predicted molar refractivity (Wildman–Crippen MR) is 103 cm³/mol. The topological polar surface area (TPSA) is 96.9 Å². The number of carboxylic acid groups (broad SMARTS) is 1. The van der Waals surface area contributed by atoms with Gasteiger partial charge in [0.25, 0.3) is 0 Å². The van der Waals surface area contributed by atoms with Crippen LogP contribution in [-0.4, -0.2) is 30.2 Å². The van der Waals surface area contributed by atoms with Gasteiger partial charge in [-0.25, -0.2) is 0 Å². The van der Waals surface area contributed by atoms with E-state index in [1.54, 1.807) is 0 Å². The molecule has 1 atom stereocenters. The molecule has 0 aromatic carbocycles. The zero-order valence-electron chi connectivity index (χ0n) is 15.8. The molecular weight excluding hydrogens is 336 g/mol. The standard InChI is InChI=1S/C19H38N2O3S/c20-15-13-11-9-7-5-3-1-2-4-6-8-10-12-14-18(22)21-17(16-25)19(23)24/h17,25H,1-16,20H2,(H,21,22)(H,23,24). The van der Waals surface area contributed by atoms with Gasteiger partial charge in [0.15, 0.2) is 0 Å². The second kappa shape index (κ2) is 18.1. The number of amides is 1. The predicted octanol–water partition coefficient (Wildman–Crippen LogP) is 1.85. The molecule has 1 amide bonds. The van der Waals surface area contributed by atoms with E-state index >= 15 is 0 Å². The summed E-state index contributed by atoms with van der Waals surface area (Å²) in [6.45, 7) is 1.07. The Kier molecular flexibility index (Phi) is 17.5. The highest BCUT2D eigenvalue weighted by molar-refractivity contribution is 7.80. The Morgan fingerprint density at radius 1 is 0.800 bits per heavy atom. The summed E-state index contributed by atoms with van der Waals surface area (Å²) in [5.74, 6) is -1.44. The summed E-state index contributed by atoms with van der Waals surface area (Å²) in [4.78, 5) is 22.3. The summed E-state index contributed by atoms with van der Waals surface area (Å²) >= 11 is 3.89. The number of unbranched alkanes of at least 4 members (excludes halogenated alkanes) is 12. The second-order valence-electron chi connectivity index (χ2n) is 6.82. The highest BCUT2D eigenvalue weighted by Gasteiger charge is 2.10. The minimum atomic E-state index is -1.28. The van der Waals surface area contributed by atoms with Crippen molar-refractivity contribution in [1.82, 2.24) is 5.32 Å². The molecule has 0 aliphatic heterocycles. The van der Waals surface area contributed by atoms with Gasteiger partial charge in [-0.1, -0.05) is 64.2 Å².